The summed E-state index contributed by atoms with van der Waals surface area (Å²) < 4.78 is 0. The molecule has 0 aliphatic rings. The van der Waals surface area contributed by atoms with Crippen molar-refractivity contribution in [2.75, 3.05) is 6.54 Å². The molecule has 1 atom stereocenters. The number of rotatable bonds is 5. The molecule has 1 aromatic carbocycles. The van der Waals surface area contributed by atoms with Gasteiger partial charge in [0, 0.05) is 6.54 Å². The van der Waals surface area contributed by atoms with Gasteiger partial charge in [0.15, 0.2) is 0 Å². The topological polar surface area (TPSA) is 55.1 Å². The fourth-order valence-corrected chi connectivity index (χ4v) is 1.95. The minimum atomic E-state index is -0.396. The Bertz CT molecular complexity index is 466. The van der Waals surface area contributed by atoms with Crippen LogP contribution in [0.5, 0.6) is 0 Å². The van der Waals surface area contributed by atoms with E-state index >= 15 is 0 Å². The second-order valence-electron chi connectivity index (χ2n) is 5.25. The fourth-order valence-electron chi connectivity index (χ4n) is 1.63. The van der Waals surface area contributed by atoms with Crippen LogP contribution >= 0.6 is 35.6 Å². The number of carbonyl (C=O) groups excluding carboxylic acids is 1. The third kappa shape index (κ3) is 5.13. The first-order chi connectivity index (χ1) is 8.78. The molecule has 0 fully saturated rings. The smallest absolute Gasteiger partial charge is 0.224 e. The fraction of sp³-hybridized carbons (Fsp3) is 0.500. The summed E-state index contributed by atoms with van der Waals surface area (Å²) in [5.74, 6) is 0.190. The van der Waals surface area contributed by atoms with Crippen LogP contribution in [0.1, 0.15) is 26.3 Å². The first-order valence-corrected chi connectivity index (χ1v) is 6.99. The lowest BCUT2D eigenvalue weighted by Crippen LogP contribution is -2.55. The van der Waals surface area contributed by atoms with E-state index in [9.17, 15) is 4.79 Å². The van der Waals surface area contributed by atoms with E-state index in [1.54, 1.807) is 18.2 Å². The molecule has 0 bridgehead atoms. The van der Waals surface area contributed by atoms with Crippen molar-refractivity contribution in [1.82, 2.24) is 5.32 Å². The van der Waals surface area contributed by atoms with E-state index in [2.05, 4.69) is 5.32 Å². The first kappa shape index (κ1) is 19.5. The maximum atomic E-state index is 12.0. The first-order valence-electron chi connectivity index (χ1n) is 6.23. The predicted molar refractivity (Wildman–Crippen MR) is 87.9 cm³/mol. The molecule has 114 valence electrons. The van der Waals surface area contributed by atoms with Gasteiger partial charge in [-0.15, -0.1) is 12.4 Å². The number of halogens is 3. The van der Waals surface area contributed by atoms with Crippen LogP contribution in [0, 0.1) is 5.92 Å². The number of benzene rings is 1. The molecule has 0 aromatic heterocycles. The third-order valence-electron chi connectivity index (χ3n) is 3.47. The van der Waals surface area contributed by atoms with Crippen molar-refractivity contribution in [3.05, 3.63) is 33.8 Å². The molecule has 0 spiro atoms. The van der Waals surface area contributed by atoms with E-state index in [0.29, 0.717) is 16.6 Å². The van der Waals surface area contributed by atoms with E-state index in [0.717, 1.165) is 5.56 Å². The zero-order valence-corrected chi connectivity index (χ0v) is 14.2. The maximum Gasteiger partial charge on any atom is 0.224 e. The number of amides is 1. The van der Waals surface area contributed by atoms with Crippen LogP contribution in [0.25, 0.3) is 0 Å². The normalized spacial score (nSPS) is 13.6. The lowest BCUT2D eigenvalue weighted by atomic mass is 9.88. The van der Waals surface area contributed by atoms with E-state index < -0.39 is 5.54 Å². The van der Waals surface area contributed by atoms with Crippen LogP contribution in [0.15, 0.2) is 18.2 Å². The number of hydrogen-bond acceptors (Lipinski definition) is 2. The van der Waals surface area contributed by atoms with Crippen LogP contribution in [-0.4, -0.2) is 18.0 Å². The Balaban J connectivity index is 0.00000361. The number of nitrogens with two attached hydrogens (primary N) is 1. The van der Waals surface area contributed by atoms with Gasteiger partial charge in [-0.2, -0.15) is 0 Å². The molecule has 0 aliphatic heterocycles. The summed E-state index contributed by atoms with van der Waals surface area (Å²) in [4.78, 5) is 12.0. The molecule has 3 N–H and O–H groups in total. The molecule has 0 saturated carbocycles. The highest BCUT2D eigenvalue weighted by Gasteiger charge is 2.28. The summed E-state index contributed by atoms with van der Waals surface area (Å²) in [6, 6.07) is 5.19. The van der Waals surface area contributed by atoms with E-state index in [4.69, 9.17) is 28.9 Å². The minimum Gasteiger partial charge on any atom is -0.349 e. The molecule has 20 heavy (non-hydrogen) atoms. The van der Waals surface area contributed by atoms with Gasteiger partial charge in [-0.25, -0.2) is 0 Å². The third-order valence-corrected chi connectivity index (χ3v) is 4.21. The van der Waals surface area contributed by atoms with E-state index in [1.807, 2.05) is 20.8 Å². The van der Waals surface area contributed by atoms with E-state index in [-0.39, 0.29) is 30.7 Å². The van der Waals surface area contributed by atoms with Gasteiger partial charge < -0.3 is 11.1 Å². The van der Waals surface area contributed by atoms with Crippen LogP contribution in [0.4, 0.5) is 0 Å². The average Bonchev–Trinajstić information content (AvgIpc) is 2.33. The lowest BCUT2D eigenvalue weighted by molar-refractivity contribution is -0.122. The van der Waals surface area contributed by atoms with E-state index in [1.165, 1.54) is 0 Å². The summed E-state index contributed by atoms with van der Waals surface area (Å²) in [7, 11) is 0. The van der Waals surface area contributed by atoms with Crippen molar-refractivity contribution in [3.63, 3.8) is 0 Å². The van der Waals surface area contributed by atoms with Crippen LogP contribution in [0.3, 0.4) is 0 Å². The van der Waals surface area contributed by atoms with Crippen molar-refractivity contribution in [3.8, 4) is 0 Å². The van der Waals surface area contributed by atoms with Crippen molar-refractivity contribution >= 4 is 41.5 Å². The average molecular weight is 340 g/mol. The monoisotopic (exact) mass is 338 g/mol. The Kier molecular flexibility index (Phi) is 7.89. The number of hydrogen-bond donors (Lipinski definition) is 2. The summed E-state index contributed by atoms with van der Waals surface area (Å²) >= 11 is 11.8. The van der Waals surface area contributed by atoms with Gasteiger partial charge in [0.1, 0.15) is 0 Å². The largest absolute Gasteiger partial charge is 0.349 e. The second-order valence-corrected chi connectivity index (χ2v) is 6.06. The van der Waals surface area contributed by atoms with Gasteiger partial charge in [-0.1, -0.05) is 43.1 Å². The lowest BCUT2D eigenvalue weighted by Gasteiger charge is -2.33. The Labute approximate surface area is 136 Å². The van der Waals surface area contributed by atoms with Gasteiger partial charge >= 0.3 is 0 Å². The quantitative estimate of drug-likeness (QED) is 0.863. The van der Waals surface area contributed by atoms with Gasteiger partial charge in [-0.3, -0.25) is 4.79 Å². The summed E-state index contributed by atoms with van der Waals surface area (Å²) in [6.07, 6.45) is 0.263. The van der Waals surface area contributed by atoms with Crippen LogP contribution in [-0.2, 0) is 11.2 Å². The molecular weight excluding hydrogens is 319 g/mol. The van der Waals surface area contributed by atoms with Crippen LogP contribution in [0.2, 0.25) is 10.0 Å². The van der Waals surface area contributed by atoms with Crippen LogP contribution < -0.4 is 11.1 Å². The summed E-state index contributed by atoms with van der Waals surface area (Å²) in [6.45, 7) is 6.42. The Morgan fingerprint density at radius 3 is 2.40 bits per heavy atom. The molecule has 1 amide bonds. The SMILES string of the molecule is CC(C)C(C)(CN)NC(=O)Cc1ccc(Cl)c(Cl)c1.Cl. The number of nitrogens with one attached hydrogen (secondary N) is 1. The maximum absolute atomic E-state index is 12.0. The molecular formula is C14H21Cl3N2O. The Morgan fingerprint density at radius 2 is 1.95 bits per heavy atom. The molecule has 0 saturated heterocycles. The molecule has 0 radical (unpaired) electrons. The zero-order chi connectivity index (χ0) is 14.6. The van der Waals surface area contributed by atoms with Gasteiger partial charge in [-0.05, 0) is 30.5 Å². The molecule has 0 heterocycles. The van der Waals surface area contributed by atoms with Crippen molar-refractivity contribution in [2.24, 2.45) is 11.7 Å². The second kappa shape index (κ2) is 8.08. The predicted octanol–water partition coefficient (Wildman–Crippen LogP) is 3.45. The standard InChI is InChI=1S/C14H20Cl2N2O.ClH/c1-9(2)14(3,8-17)18-13(19)7-10-4-5-11(15)12(16)6-10;/h4-6,9H,7-8,17H2,1-3H3,(H,18,19);1H. The molecule has 1 unspecified atom stereocenters. The van der Waals surface area contributed by atoms with Crippen molar-refractivity contribution in [2.45, 2.75) is 32.7 Å². The summed E-state index contributed by atoms with van der Waals surface area (Å²) in [5, 5.41) is 3.93. The zero-order valence-electron chi connectivity index (χ0n) is 11.9. The van der Waals surface area contributed by atoms with Crippen molar-refractivity contribution in [1.29, 1.82) is 0 Å². The van der Waals surface area contributed by atoms with Gasteiger partial charge in [0.2, 0.25) is 5.91 Å². The number of carbonyl (C=O) groups is 1. The Morgan fingerprint density at radius 1 is 1.35 bits per heavy atom. The highest BCUT2D eigenvalue weighted by Crippen LogP contribution is 2.23. The summed E-state index contributed by atoms with van der Waals surface area (Å²) in [5.41, 5.74) is 6.17. The molecule has 1 rings (SSSR count). The van der Waals surface area contributed by atoms with Gasteiger partial charge in [0.25, 0.3) is 0 Å². The van der Waals surface area contributed by atoms with Crippen molar-refractivity contribution < 1.29 is 4.79 Å². The molecule has 0 aliphatic carbocycles. The Hall–Kier alpha value is -0.480. The molecule has 1 aromatic rings. The minimum absolute atomic E-state index is 0. The highest BCUT2D eigenvalue weighted by atomic mass is 35.5. The molecule has 6 heteroatoms. The van der Waals surface area contributed by atoms with Gasteiger partial charge in [0.05, 0.1) is 22.0 Å². The highest BCUT2D eigenvalue weighted by molar-refractivity contribution is 6.42. The molecule has 3 nitrogen and oxygen atoms in total.